The highest BCUT2D eigenvalue weighted by Gasteiger charge is 2.08. The van der Waals surface area contributed by atoms with Crippen LogP contribution in [0.3, 0.4) is 0 Å². The Hall–Kier alpha value is -0.990. The van der Waals surface area contributed by atoms with Crippen molar-refractivity contribution in [2.75, 3.05) is 0 Å². The van der Waals surface area contributed by atoms with E-state index in [1.807, 2.05) is 36.9 Å². The van der Waals surface area contributed by atoms with E-state index in [1.54, 1.807) is 6.07 Å². The van der Waals surface area contributed by atoms with Crippen LogP contribution in [0.2, 0.25) is 10.0 Å². The molecule has 0 unspecified atom stereocenters. The van der Waals surface area contributed by atoms with Gasteiger partial charge in [0.05, 0.1) is 16.4 Å². The molecule has 0 amide bonds. The topological polar surface area (TPSA) is 17.8 Å². The molecule has 1 aromatic heterocycles. The minimum absolute atomic E-state index is 0.641. The van der Waals surface area contributed by atoms with Crippen molar-refractivity contribution in [1.82, 2.24) is 9.78 Å². The maximum Gasteiger partial charge on any atom is 0.0696 e. The Kier molecular flexibility index (Phi) is 2.72. The summed E-state index contributed by atoms with van der Waals surface area (Å²) in [4.78, 5) is 0. The van der Waals surface area contributed by atoms with Crippen molar-refractivity contribution >= 4 is 23.2 Å². The molecule has 2 rings (SSSR count). The van der Waals surface area contributed by atoms with E-state index in [2.05, 4.69) is 5.10 Å². The lowest BCUT2D eigenvalue weighted by atomic mass is 10.1. The Balaban J connectivity index is 2.59. The number of nitrogens with zero attached hydrogens (tertiary/aromatic N) is 2. The molecule has 0 saturated carbocycles. The van der Waals surface area contributed by atoms with E-state index in [9.17, 15) is 0 Å². The predicted octanol–water partition coefficient (Wildman–Crippen LogP) is 3.70. The van der Waals surface area contributed by atoms with E-state index < -0.39 is 0 Å². The summed E-state index contributed by atoms with van der Waals surface area (Å²) in [6.45, 7) is 1.95. The molecule has 0 bridgehead atoms. The van der Waals surface area contributed by atoms with Crippen molar-refractivity contribution < 1.29 is 0 Å². The molecule has 1 aromatic carbocycles. The molecule has 4 heteroatoms. The van der Waals surface area contributed by atoms with E-state index >= 15 is 0 Å². The van der Waals surface area contributed by atoms with Gasteiger partial charge in [-0.3, -0.25) is 4.68 Å². The number of halogens is 2. The molecule has 0 radical (unpaired) electrons. The van der Waals surface area contributed by atoms with Crippen LogP contribution in [0.15, 0.2) is 24.3 Å². The van der Waals surface area contributed by atoms with Gasteiger partial charge in [-0.05, 0) is 31.2 Å². The Labute approximate surface area is 98.4 Å². The number of aromatic nitrogens is 2. The number of benzene rings is 1. The summed E-state index contributed by atoms with van der Waals surface area (Å²) in [7, 11) is 1.90. The Bertz CT molecular complexity index is 503. The first-order chi connectivity index (χ1) is 7.08. The molecule has 0 spiro atoms. The van der Waals surface area contributed by atoms with E-state index in [0.29, 0.717) is 10.0 Å². The molecular weight excluding hydrogens is 231 g/mol. The van der Waals surface area contributed by atoms with Gasteiger partial charge < -0.3 is 0 Å². The van der Waals surface area contributed by atoms with Crippen molar-refractivity contribution in [3.8, 4) is 11.3 Å². The first kappa shape index (κ1) is 10.5. The highest BCUT2D eigenvalue weighted by molar-refractivity contribution is 6.36. The van der Waals surface area contributed by atoms with Crippen molar-refractivity contribution in [1.29, 1.82) is 0 Å². The van der Waals surface area contributed by atoms with Gasteiger partial charge >= 0.3 is 0 Å². The fourth-order valence-electron chi connectivity index (χ4n) is 1.56. The first-order valence-corrected chi connectivity index (χ1v) is 5.29. The van der Waals surface area contributed by atoms with Gasteiger partial charge in [-0.25, -0.2) is 0 Å². The average molecular weight is 241 g/mol. The lowest BCUT2D eigenvalue weighted by molar-refractivity contribution is 0.764. The third-order valence-electron chi connectivity index (χ3n) is 2.21. The molecule has 0 atom stereocenters. The maximum atomic E-state index is 6.12. The third-order valence-corrected chi connectivity index (χ3v) is 2.76. The van der Waals surface area contributed by atoms with E-state index in [1.165, 1.54) is 0 Å². The van der Waals surface area contributed by atoms with Crippen LogP contribution in [0.25, 0.3) is 11.3 Å². The minimum Gasteiger partial charge on any atom is -0.268 e. The summed E-state index contributed by atoms with van der Waals surface area (Å²) in [6.07, 6.45) is 0. The van der Waals surface area contributed by atoms with Crippen LogP contribution in [-0.4, -0.2) is 9.78 Å². The van der Waals surface area contributed by atoms with Crippen molar-refractivity contribution in [3.05, 3.63) is 40.0 Å². The molecule has 0 aliphatic carbocycles. The number of hydrogen-bond acceptors (Lipinski definition) is 1. The van der Waals surface area contributed by atoms with Gasteiger partial charge in [0, 0.05) is 17.6 Å². The van der Waals surface area contributed by atoms with Gasteiger partial charge in [0.25, 0.3) is 0 Å². The predicted molar refractivity (Wildman–Crippen MR) is 63.4 cm³/mol. The lowest BCUT2D eigenvalue weighted by Crippen LogP contribution is -1.94. The Morgan fingerprint density at radius 1 is 1.20 bits per heavy atom. The van der Waals surface area contributed by atoms with Gasteiger partial charge in [-0.2, -0.15) is 5.10 Å². The van der Waals surface area contributed by atoms with Gasteiger partial charge in [0.15, 0.2) is 0 Å². The smallest absolute Gasteiger partial charge is 0.0696 e. The summed E-state index contributed by atoms with van der Waals surface area (Å²) in [5, 5.41) is 5.56. The first-order valence-electron chi connectivity index (χ1n) is 4.54. The van der Waals surface area contributed by atoms with Crippen LogP contribution in [0.5, 0.6) is 0 Å². The monoisotopic (exact) mass is 240 g/mol. The molecule has 0 N–H and O–H groups in total. The van der Waals surface area contributed by atoms with Crippen LogP contribution in [0.4, 0.5) is 0 Å². The molecule has 0 fully saturated rings. The van der Waals surface area contributed by atoms with Gasteiger partial charge in [-0.1, -0.05) is 23.2 Å². The minimum atomic E-state index is 0.641. The lowest BCUT2D eigenvalue weighted by Gasteiger charge is -2.04. The molecule has 2 nitrogen and oxygen atoms in total. The third kappa shape index (κ3) is 2.01. The number of rotatable bonds is 1. The van der Waals surface area contributed by atoms with Crippen LogP contribution in [0.1, 0.15) is 5.69 Å². The van der Waals surface area contributed by atoms with Gasteiger partial charge in [0.2, 0.25) is 0 Å². The normalized spacial score (nSPS) is 10.7. The fraction of sp³-hybridized carbons (Fsp3) is 0.182. The summed E-state index contributed by atoms with van der Waals surface area (Å²) in [6, 6.07) is 7.46. The number of hydrogen-bond donors (Lipinski definition) is 0. The molecule has 0 aliphatic rings. The SMILES string of the molecule is Cc1cc(-c2ccc(Cl)cc2Cl)n(C)n1. The molecule has 78 valence electrons. The van der Waals surface area contributed by atoms with Gasteiger partial charge in [0.1, 0.15) is 0 Å². The highest BCUT2D eigenvalue weighted by Crippen LogP contribution is 2.30. The number of aryl methyl sites for hydroxylation is 2. The summed E-state index contributed by atoms with van der Waals surface area (Å²) in [5.74, 6) is 0. The molecule has 2 aromatic rings. The zero-order chi connectivity index (χ0) is 11.0. The van der Waals surface area contributed by atoms with Crippen molar-refractivity contribution in [2.45, 2.75) is 6.92 Å². The largest absolute Gasteiger partial charge is 0.268 e. The van der Waals surface area contributed by atoms with Crippen LogP contribution in [0, 0.1) is 6.92 Å². The molecule has 15 heavy (non-hydrogen) atoms. The maximum absolute atomic E-state index is 6.12. The standard InChI is InChI=1S/C11H10Cl2N2/c1-7-5-11(15(2)14-7)9-4-3-8(12)6-10(9)13/h3-6H,1-2H3. The summed E-state index contributed by atoms with van der Waals surface area (Å²) >= 11 is 12.0. The second kappa shape index (κ2) is 3.87. The second-order valence-corrected chi connectivity index (χ2v) is 4.26. The zero-order valence-electron chi connectivity index (χ0n) is 8.46. The summed E-state index contributed by atoms with van der Waals surface area (Å²) in [5.41, 5.74) is 2.91. The Morgan fingerprint density at radius 3 is 2.47 bits per heavy atom. The molecular formula is C11H10Cl2N2. The average Bonchev–Trinajstić information content (AvgIpc) is 2.45. The molecule has 1 heterocycles. The molecule has 0 saturated heterocycles. The van der Waals surface area contributed by atoms with E-state index in [4.69, 9.17) is 23.2 Å². The second-order valence-electron chi connectivity index (χ2n) is 3.42. The van der Waals surface area contributed by atoms with Crippen LogP contribution in [-0.2, 0) is 7.05 Å². The van der Waals surface area contributed by atoms with E-state index in [-0.39, 0.29) is 0 Å². The van der Waals surface area contributed by atoms with E-state index in [0.717, 1.165) is 17.0 Å². The van der Waals surface area contributed by atoms with Crippen molar-refractivity contribution in [2.24, 2.45) is 7.05 Å². The van der Waals surface area contributed by atoms with Gasteiger partial charge in [-0.15, -0.1) is 0 Å². The quantitative estimate of drug-likeness (QED) is 0.744. The Morgan fingerprint density at radius 2 is 1.93 bits per heavy atom. The van der Waals surface area contributed by atoms with Crippen LogP contribution >= 0.6 is 23.2 Å². The van der Waals surface area contributed by atoms with Crippen LogP contribution < -0.4 is 0 Å². The highest BCUT2D eigenvalue weighted by atomic mass is 35.5. The molecule has 0 aliphatic heterocycles. The fourth-order valence-corrected chi connectivity index (χ4v) is 2.07. The summed E-state index contributed by atoms with van der Waals surface area (Å²) < 4.78 is 1.81. The van der Waals surface area contributed by atoms with Crippen molar-refractivity contribution in [3.63, 3.8) is 0 Å². The zero-order valence-corrected chi connectivity index (χ0v) is 9.97.